The molecule has 14 heteroatoms. The zero-order valence-corrected chi connectivity index (χ0v) is 37.5. The Bertz CT molecular complexity index is 2630. The van der Waals surface area contributed by atoms with Crippen molar-refractivity contribution >= 4 is 47.0 Å². The molecule has 0 spiro atoms. The molecule has 2 fully saturated rings. The summed E-state index contributed by atoms with van der Waals surface area (Å²) in [5.41, 5.74) is 5.97. The van der Waals surface area contributed by atoms with E-state index >= 15 is 0 Å². The first-order valence-corrected chi connectivity index (χ1v) is 22.1. The normalized spacial score (nSPS) is 17.9. The number of nitrogens with zero attached hydrogens (tertiary/aromatic N) is 4. The van der Waals surface area contributed by atoms with Gasteiger partial charge in [-0.05, 0) is 117 Å². The number of hydrogen-bond donors (Lipinski definition) is 2. The van der Waals surface area contributed by atoms with Gasteiger partial charge in [0.2, 0.25) is 11.8 Å². The summed E-state index contributed by atoms with van der Waals surface area (Å²) in [4.78, 5) is 62.1. The van der Waals surface area contributed by atoms with E-state index in [2.05, 4.69) is 9.97 Å². The van der Waals surface area contributed by atoms with Gasteiger partial charge in [0.05, 0.1) is 24.8 Å². The lowest BCUT2D eigenvalue weighted by Gasteiger charge is -2.29. The second-order valence-electron chi connectivity index (χ2n) is 15.9. The molecule has 6 aromatic rings. The van der Waals surface area contributed by atoms with E-state index in [0.717, 1.165) is 33.4 Å². The Morgan fingerprint density at radius 2 is 0.985 bits per heavy atom. The number of benzene rings is 4. The topological polar surface area (TPSA) is 159 Å². The highest BCUT2D eigenvalue weighted by Crippen LogP contribution is 2.42. The van der Waals surface area contributed by atoms with E-state index in [4.69, 9.17) is 32.7 Å². The predicted octanol–water partition coefficient (Wildman–Crippen LogP) is 10.9. The van der Waals surface area contributed by atoms with E-state index in [1.54, 1.807) is 54.9 Å². The molecule has 0 bridgehead atoms. The van der Waals surface area contributed by atoms with Gasteiger partial charge in [0.15, 0.2) is 0 Å². The van der Waals surface area contributed by atoms with Gasteiger partial charge in [-0.3, -0.25) is 9.59 Å². The van der Waals surface area contributed by atoms with Gasteiger partial charge in [0.1, 0.15) is 12.1 Å². The molecule has 4 heterocycles. The van der Waals surface area contributed by atoms with Crippen molar-refractivity contribution in [2.24, 2.45) is 0 Å². The summed E-state index contributed by atoms with van der Waals surface area (Å²) in [7, 11) is 0. The van der Waals surface area contributed by atoms with Crippen molar-refractivity contribution in [2.75, 3.05) is 6.61 Å². The third-order valence-corrected chi connectivity index (χ3v) is 12.1. The van der Waals surface area contributed by atoms with E-state index in [-0.39, 0.29) is 30.0 Å². The van der Waals surface area contributed by atoms with Gasteiger partial charge < -0.3 is 29.5 Å². The second-order valence-corrected chi connectivity index (χ2v) is 16.7. The Morgan fingerprint density at radius 3 is 1.34 bits per heavy atom. The SMILES string of the molecule is CC(C)Oc1ccc(-c2ccc(C(=O)N3[C@@H](c4ccccc4Cl)CC[C@H]3C(=O)O)cc2)cn1.CCOc1ccc(-c2ccc(C(=O)N3[C@@H](c4ccccc4Cl)CC[C@H]3C(=O)O)cc2)cn1. The number of aliphatic carboxylic acids is 2. The van der Waals surface area contributed by atoms with Gasteiger partial charge in [-0.15, -0.1) is 0 Å². The Balaban J connectivity index is 0.000000194. The molecular formula is C51H48Cl2N4O8. The molecule has 0 aliphatic carbocycles. The fraction of sp³-hybridized carbons (Fsp3) is 0.255. The van der Waals surface area contributed by atoms with Crippen LogP contribution in [0.3, 0.4) is 0 Å². The molecule has 334 valence electrons. The van der Waals surface area contributed by atoms with Crippen LogP contribution in [0, 0.1) is 0 Å². The quantitative estimate of drug-likeness (QED) is 0.121. The van der Waals surface area contributed by atoms with Gasteiger partial charge in [-0.25, -0.2) is 19.6 Å². The predicted molar refractivity (Wildman–Crippen MR) is 248 cm³/mol. The highest BCUT2D eigenvalue weighted by Gasteiger charge is 2.44. The minimum absolute atomic E-state index is 0.0449. The smallest absolute Gasteiger partial charge is 0.326 e. The van der Waals surface area contributed by atoms with Crippen molar-refractivity contribution in [3.63, 3.8) is 0 Å². The van der Waals surface area contributed by atoms with E-state index in [9.17, 15) is 29.4 Å². The third kappa shape index (κ3) is 10.6. The maximum Gasteiger partial charge on any atom is 0.326 e. The summed E-state index contributed by atoms with van der Waals surface area (Å²) in [5.74, 6) is -1.55. The highest BCUT2D eigenvalue weighted by molar-refractivity contribution is 6.31. The molecule has 4 aromatic carbocycles. The molecule has 0 saturated carbocycles. The third-order valence-electron chi connectivity index (χ3n) is 11.4. The number of amides is 2. The van der Waals surface area contributed by atoms with E-state index in [1.807, 2.05) is 99.6 Å². The number of carbonyl (C=O) groups is 4. The highest BCUT2D eigenvalue weighted by atomic mass is 35.5. The zero-order valence-electron chi connectivity index (χ0n) is 36.0. The van der Waals surface area contributed by atoms with E-state index in [1.165, 1.54) is 9.80 Å². The summed E-state index contributed by atoms with van der Waals surface area (Å²) in [6, 6.07) is 33.6. The minimum Gasteiger partial charge on any atom is -0.480 e. The first-order valence-electron chi connectivity index (χ1n) is 21.4. The van der Waals surface area contributed by atoms with Crippen molar-refractivity contribution in [2.45, 2.75) is 76.7 Å². The van der Waals surface area contributed by atoms with Crippen LogP contribution in [0.15, 0.2) is 134 Å². The van der Waals surface area contributed by atoms with Crippen LogP contribution in [0.25, 0.3) is 22.3 Å². The Morgan fingerprint density at radius 1 is 0.585 bits per heavy atom. The van der Waals surface area contributed by atoms with Crippen LogP contribution in [0.1, 0.15) is 90.4 Å². The van der Waals surface area contributed by atoms with Crippen LogP contribution >= 0.6 is 23.2 Å². The number of aromatic nitrogens is 2. The summed E-state index contributed by atoms with van der Waals surface area (Å²) < 4.78 is 10.9. The first kappa shape index (κ1) is 46.2. The molecule has 65 heavy (non-hydrogen) atoms. The molecule has 2 aliphatic heterocycles. The van der Waals surface area contributed by atoms with Crippen molar-refractivity contribution in [1.29, 1.82) is 0 Å². The number of hydrogen-bond acceptors (Lipinski definition) is 8. The Labute approximate surface area is 387 Å². The molecule has 0 unspecified atom stereocenters. The number of ether oxygens (including phenoxy) is 2. The largest absolute Gasteiger partial charge is 0.480 e. The summed E-state index contributed by atoms with van der Waals surface area (Å²) in [6.07, 6.45) is 5.34. The number of likely N-dealkylation sites (tertiary alicyclic amines) is 2. The van der Waals surface area contributed by atoms with E-state index < -0.39 is 24.0 Å². The summed E-state index contributed by atoms with van der Waals surface area (Å²) >= 11 is 12.7. The molecule has 8 rings (SSSR count). The van der Waals surface area contributed by atoms with Gasteiger partial charge >= 0.3 is 11.9 Å². The number of pyridine rings is 2. The zero-order chi connectivity index (χ0) is 46.2. The molecule has 4 atom stereocenters. The van der Waals surface area contributed by atoms with Crippen LogP contribution < -0.4 is 9.47 Å². The Kier molecular flexibility index (Phi) is 14.8. The minimum atomic E-state index is -1.01. The summed E-state index contributed by atoms with van der Waals surface area (Å²) in [6.45, 7) is 6.33. The van der Waals surface area contributed by atoms with Gasteiger partial charge in [-0.2, -0.15) is 0 Å². The van der Waals surface area contributed by atoms with Crippen LogP contribution in [0.5, 0.6) is 11.8 Å². The van der Waals surface area contributed by atoms with Crippen LogP contribution in [0.2, 0.25) is 10.0 Å². The van der Waals surface area contributed by atoms with Crippen molar-refractivity contribution in [3.8, 4) is 34.0 Å². The van der Waals surface area contributed by atoms with Crippen LogP contribution in [0.4, 0.5) is 0 Å². The van der Waals surface area contributed by atoms with Crippen LogP contribution in [-0.4, -0.2) is 78.5 Å². The lowest BCUT2D eigenvalue weighted by atomic mass is 10.0. The molecule has 2 N–H and O–H groups in total. The van der Waals surface area contributed by atoms with Gasteiger partial charge in [0.25, 0.3) is 11.8 Å². The fourth-order valence-electron chi connectivity index (χ4n) is 8.33. The summed E-state index contributed by atoms with van der Waals surface area (Å²) in [5, 5.41) is 20.5. The standard InChI is InChI=1S/C26H25ClN2O4.C25H23ClN2O4/c1-16(2)33-24-14-11-19(15-28-24)17-7-9-18(10-8-17)25(30)29-22(12-13-23(29)26(31)32)20-5-3-4-6-21(20)27;1-2-32-23-14-11-18(15-27-23)16-7-9-17(10-8-16)24(29)28-21(12-13-22(28)25(30)31)19-5-3-4-6-20(19)26/h3-11,14-16,22-23H,12-13H2,1-2H3,(H,31,32);3-11,14-15,21-22H,2,12-13H2,1H3,(H,30,31)/t22-,23+;21-,22+/m11/s1. The number of rotatable bonds is 12. The molecule has 2 aliphatic rings. The van der Waals surface area contributed by atoms with Crippen LogP contribution in [-0.2, 0) is 9.59 Å². The lowest BCUT2D eigenvalue weighted by Crippen LogP contribution is -2.41. The van der Waals surface area contributed by atoms with E-state index in [0.29, 0.717) is 65.2 Å². The monoisotopic (exact) mass is 914 g/mol. The second kappa shape index (κ2) is 20.8. The average Bonchev–Trinajstić information content (AvgIpc) is 3.96. The number of carboxylic acids is 2. The van der Waals surface area contributed by atoms with Gasteiger partial charge in [-0.1, -0.05) is 83.9 Å². The molecule has 2 saturated heterocycles. The molecule has 0 radical (unpaired) electrons. The molecule has 12 nitrogen and oxygen atoms in total. The average molecular weight is 916 g/mol. The number of halogens is 2. The van der Waals surface area contributed by atoms with Crippen molar-refractivity contribution < 1.29 is 38.9 Å². The van der Waals surface area contributed by atoms with Crippen molar-refractivity contribution in [1.82, 2.24) is 19.8 Å². The number of carboxylic acid groups (broad SMARTS) is 2. The Hall–Kier alpha value is -6.76. The fourth-order valence-corrected chi connectivity index (χ4v) is 8.85. The first-order chi connectivity index (χ1) is 31.3. The molecule has 2 amide bonds. The van der Waals surface area contributed by atoms with Crippen molar-refractivity contribution in [3.05, 3.63) is 166 Å². The number of carbonyl (C=O) groups excluding carboxylic acids is 2. The molecular weight excluding hydrogens is 867 g/mol. The maximum atomic E-state index is 13.4. The molecule has 2 aromatic heterocycles. The van der Waals surface area contributed by atoms with Gasteiger partial charge in [0, 0.05) is 56.8 Å². The maximum absolute atomic E-state index is 13.4. The lowest BCUT2D eigenvalue weighted by molar-refractivity contribution is -0.142.